The molecular formula is C13H10Cl3F5N2O. The maximum Gasteiger partial charge on any atom is 0.418 e. The molecule has 24 heavy (non-hydrogen) atoms. The van der Waals surface area contributed by atoms with Crippen molar-refractivity contribution in [3.63, 3.8) is 0 Å². The summed E-state index contributed by atoms with van der Waals surface area (Å²) >= 11 is 17.6. The quantitative estimate of drug-likeness (QED) is 0.495. The first-order valence-corrected chi connectivity index (χ1v) is 7.53. The third-order valence-corrected chi connectivity index (χ3v) is 4.02. The highest BCUT2D eigenvalue weighted by Gasteiger charge is 2.52. The lowest BCUT2D eigenvalue weighted by Crippen LogP contribution is -2.58. The average Bonchev–Trinajstić information content (AvgIpc) is 2.44. The molecule has 2 unspecified atom stereocenters. The van der Waals surface area contributed by atoms with E-state index in [1.54, 1.807) is 0 Å². The molecule has 0 fully saturated rings. The van der Waals surface area contributed by atoms with Crippen LogP contribution in [0.25, 0.3) is 0 Å². The molecule has 134 valence electrons. The molecule has 2 atom stereocenters. The van der Waals surface area contributed by atoms with Crippen LogP contribution in [-0.4, -0.2) is 36.0 Å². The van der Waals surface area contributed by atoms with Gasteiger partial charge in [-0.25, -0.2) is 0 Å². The van der Waals surface area contributed by atoms with Crippen LogP contribution >= 0.6 is 35.0 Å². The standard InChI is InChI=1S/C13H10Cl3F5N2O/c14-7-2-3-9(8(15)6-7)22-4-1-5-23(16)11(22)10(13(19,20)21)24-12(17)18/h1-4,6,10-12H,5H2. The number of hydrogen-bond donors (Lipinski definition) is 0. The number of nitrogens with zero attached hydrogens (tertiary/aromatic N) is 2. The zero-order chi connectivity index (χ0) is 18.1. The summed E-state index contributed by atoms with van der Waals surface area (Å²) in [5, 5.41) is 0.294. The normalized spacial score (nSPS) is 20.7. The summed E-state index contributed by atoms with van der Waals surface area (Å²) < 4.78 is 69.2. The minimum atomic E-state index is -5.09. The number of anilines is 1. The van der Waals surface area contributed by atoms with Gasteiger partial charge in [-0.05, 0) is 30.0 Å². The molecule has 0 N–H and O–H groups in total. The number of halogens is 8. The highest BCUT2D eigenvalue weighted by Crippen LogP contribution is 2.38. The van der Waals surface area contributed by atoms with E-state index in [1.165, 1.54) is 30.5 Å². The Labute approximate surface area is 149 Å². The SMILES string of the molecule is FC(F)OC(C1N(Cl)CC=CN1c1ccc(Cl)cc1Cl)C(F)(F)F. The van der Waals surface area contributed by atoms with Gasteiger partial charge in [-0.1, -0.05) is 29.3 Å². The van der Waals surface area contributed by atoms with Gasteiger partial charge in [0.05, 0.1) is 10.7 Å². The van der Waals surface area contributed by atoms with Crippen LogP contribution in [0.5, 0.6) is 0 Å². The summed E-state index contributed by atoms with van der Waals surface area (Å²) in [6.07, 6.45) is -7.02. The summed E-state index contributed by atoms with van der Waals surface area (Å²) in [7, 11) is 0. The van der Waals surface area contributed by atoms with Crippen molar-refractivity contribution in [2.24, 2.45) is 0 Å². The fourth-order valence-corrected chi connectivity index (χ4v) is 3.01. The van der Waals surface area contributed by atoms with Crippen molar-refractivity contribution in [2.45, 2.75) is 25.1 Å². The molecule has 0 saturated heterocycles. The van der Waals surface area contributed by atoms with Crippen LogP contribution in [0.2, 0.25) is 10.0 Å². The lowest BCUT2D eigenvalue weighted by molar-refractivity contribution is -0.284. The van der Waals surface area contributed by atoms with Gasteiger partial charge in [-0.15, -0.1) is 0 Å². The third kappa shape index (κ3) is 4.43. The van der Waals surface area contributed by atoms with Crippen molar-refractivity contribution in [2.75, 3.05) is 11.4 Å². The molecular weight excluding hydrogens is 402 g/mol. The molecule has 2 rings (SSSR count). The second kappa shape index (κ2) is 7.61. The second-order valence-electron chi connectivity index (χ2n) is 4.74. The zero-order valence-electron chi connectivity index (χ0n) is 11.7. The number of hydrogen-bond acceptors (Lipinski definition) is 3. The Hall–Kier alpha value is -0.800. The Morgan fingerprint density at radius 1 is 1.21 bits per heavy atom. The van der Waals surface area contributed by atoms with E-state index in [-0.39, 0.29) is 22.3 Å². The lowest BCUT2D eigenvalue weighted by Gasteiger charge is -2.42. The third-order valence-electron chi connectivity index (χ3n) is 3.15. The summed E-state index contributed by atoms with van der Waals surface area (Å²) in [5.41, 5.74) is 0.111. The molecule has 0 aromatic heterocycles. The largest absolute Gasteiger partial charge is 0.418 e. The smallest absolute Gasteiger partial charge is 0.327 e. The maximum atomic E-state index is 13.2. The van der Waals surface area contributed by atoms with E-state index in [1.807, 2.05) is 0 Å². The van der Waals surface area contributed by atoms with E-state index in [0.29, 0.717) is 4.42 Å². The molecule has 1 aliphatic rings. The summed E-state index contributed by atoms with van der Waals surface area (Å²) in [5.74, 6) is 0. The van der Waals surface area contributed by atoms with Gasteiger partial charge >= 0.3 is 12.8 Å². The Balaban J connectivity index is 2.47. The van der Waals surface area contributed by atoms with E-state index < -0.39 is 25.1 Å². The molecule has 0 saturated carbocycles. The first-order chi connectivity index (χ1) is 11.1. The van der Waals surface area contributed by atoms with E-state index in [9.17, 15) is 22.0 Å². The van der Waals surface area contributed by atoms with Gasteiger partial charge in [0.1, 0.15) is 6.17 Å². The Kier molecular flexibility index (Phi) is 6.19. The van der Waals surface area contributed by atoms with Crippen molar-refractivity contribution >= 4 is 40.7 Å². The average molecular weight is 412 g/mol. The Bertz CT molecular complexity index is 614. The van der Waals surface area contributed by atoms with Crippen molar-refractivity contribution in [3.8, 4) is 0 Å². The van der Waals surface area contributed by atoms with Crippen molar-refractivity contribution in [3.05, 3.63) is 40.5 Å². The summed E-state index contributed by atoms with van der Waals surface area (Å²) in [6, 6.07) is 4.07. The number of benzene rings is 1. The molecule has 1 aromatic rings. The van der Waals surface area contributed by atoms with Gasteiger partial charge in [0.2, 0.25) is 0 Å². The predicted molar refractivity (Wildman–Crippen MR) is 81.4 cm³/mol. The highest BCUT2D eigenvalue weighted by molar-refractivity contribution is 6.36. The van der Waals surface area contributed by atoms with Crippen molar-refractivity contribution < 1.29 is 26.7 Å². The van der Waals surface area contributed by atoms with E-state index >= 15 is 0 Å². The molecule has 3 nitrogen and oxygen atoms in total. The van der Waals surface area contributed by atoms with E-state index in [0.717, 1.165) is 4.90 Å². The summed E-state index contributed by atoms with van der Waals surface area (Å²) in [4.78, 5) is 1.01. The molecule has 0 spiro atoms. The topological polar surface area (TPSA) is 15.7 Å². The van der Waals surface area contributed by atoms with Crippen LogP contribution in [0.3, 0.4) is 0 Å². The first-order valence-electron chi connectivity index (χ1n) is 6.44. The number of ether oxygens (including phenoxy) is 1. The lowest BCUT2D eigenvalue weighted by atomic mass is 10.1. The van der Waals surface area contributed by atoms with Gasteiger partial charge in [-0.2, -0.15) is 26.4 Å². The van der Waals surface area contributed by atoms with Crippen LogP contribution < -0.4 is 4.90 Å². The fourth-order valence-electron chi connectivity index (χ4n) is 2.23. The van der Waals surface area contributed by atoms with Gasteiger partial charge in [0, 0.05) is 17.8 Å². The van der Waals surface area contributed by atoms with Gasteiger partial charge in [-0.3, -0.25) is 0 Å². The van der Waals surface area contributed by atoms with E-state index in [2.05, 4.69) is 4.74 Å². The minimum Gasteiger partial charge on any atom is -0.327 e. The highest BCUT2D eigenvalue weighted by atomic mass is 35.5. The number of alkyl halides is 5. The Morgan fingerprint density at radius 3 is 2.42 bits per heavy atom. The van der Waals surface area contributed by atoms with Crippen LogP contribution in [0.15, 0.2) is 30.5 Å². The fraction of sp³-hybridized carbons (Fsp3) is 0.385. The molecule has 1 aliphatic heterocycles. The zero-order valence-corrected chi connectivity index (χ0v) is 13.9. The van der Waals surface area contributed by atoms with Gasteiger partial charge in [0.25, 0.3) is 0 Å². The predicted octanol–water partition coefficient (Wildman–Crippen LogP) is 5.28. The van der Waals surface area contributed by atoms with E-state index in [4.69, 9.17) is 35.0 Å². The second-order valence-corrected chi connectivity index (χ2v) is 6.02. The molecule has 0 aliphatic carbocycles. The molecule has 0 radical (unpaired) electrons. The molecule has 0 bridgehead atoms. The van der Waals surface area contributed by atoms with Gasteiger partial charge in [0.15, 0.2) is 6.10 Å². The molecule has 11 heteroatoms. The Morgan fingerprint density at radius 2 is 1.88 bits per heavy atom. The van der Waals surface area contributed by atoms with Crippen LogP contribution in [0.4, 0.5) is 27.6 Å². The van der Waals surface area contributed by atoms with Crippen LogP contribution in [-0.2, 0) is 4.74 Å². The van der Waals surface area contributed by atoms with Crippen LogP contribution in [0, 0.1) is 0 Å². The summed E-state index contributed by atoms with van der Waals surface area (Å²) in [6.45, 7) is -3.73. The number of rotatable bonds is 4. The van der Waals surface area contributed by atoms with Crippen molar-refractivity contribution in [1.82, 2.24) is 4.42 Å². The van der Waals surface area contributed by atoms with Crippen molar-refractivity contribution in [1.29, 1.82) is 0 Å². The first kappa shape index (κ1) is 19.5. The molecule has 0 amide bonds. The van der Waals surface area contributed by atoms with Crippen LogP contribution in [0.1, 0.15) is 0 Å². The molecule has 1 heterocycles. The monoisotopic (exact) mass is 410 g/mol. The maximum absolute atomic E-state index is 13.2. The van der Waals surface area contributed by atoms with Gasteiger partial charge < -0.3 is 9.64 Å². The molecule has 1 aromatic carbocycles. The minimum absolute atomic E-state index is 0.0297.